The Kier molecular flexibility index (Phi) is 5.64. The van der Waals surface area contributed by atoms with E-state index in [-0.39, 0.29) is 6.04 Å². The molecule has 1 saturated heterocycles. The van der Waals surface area contributed by atoms with Crippen molar-refractivity contribution < 1.29 is 4.74 Å². The zero-order valence-corrected chi connectivity index (χ0v) is 12.2. The molecule has 1 aliphatic rings. The van der Waals surface area contributed by atoms with Crippen molar-refractivity contribution in [3.63, 3.8) is 0 Å². The molecule has 2 atom stereocenters. The van der Waals surface area contributed by atoms with Gasteiger partial charge >= 0.3 is 0 Å². The number of aryl methyl sites for hydroxylation is 1. The Hall–Kier alpha value is -0.610. The summed E-state index contributed by atoms with van der Waals surface area (Å²) in [7, 11) is 0. The van der Waals surface area contributed by atoms with Gasteiger partial charge in [0.1, 0.15) is 0 Å². The Bertz CT molecular complexity index is 405. The Morgan fingerprint density at radius 1 is 1.47 bits per heavy atom. The number of rotatable bonds is 5. The third-order valence-corrected chi connectivity index (χ3v) is 4.26. The number of nitrogens with two attached hydrogens (primary N) is 1. The second kappa shape index (κ2) is 7.25. The first-order valence-electron chi connectivity index (χ1n) is 7.04. The van der Waals surface area contributed by atoms with Crippen LogP contribution in [0.25, 0.3) is 0 Å². The average Bonchev–Trinajstić information content (AvgIpc) is 2.44. The molecular formula is C15H23ClN2O. The van der Waals surface area contributed by atoms with Crippen LogP contribution in [-0.2, 0) is 4.74 Å². The van der Waals surface area contributed by atoms with Crippen LogP contribution in [0, 0.1) is 6.92 Å². The molecule has 2 unspecified atom stereocenters. The van der Waals surface area contributed by atoms with Crippen LogP contribution in [0.1, 0.15) is 49.3 Å². The van der Waals surface area contributed by atoms with Crippen molar-refractivity contribution in [3.8, 4) is 0 Å². The van der Waals surface area contributed by atoms with Gasteiger partial charge in [0.25, 0.3) is 0 Å². The monoisotopic (exact) mass is 282 g/mol. The summed E-state index contributed by atoms with van der Waals surface area (Å²) in [4.78, 5) is 0. The van der Waals surface area contributed by atoms with Crippen molar-refractivity contribution in [1.29, 1.82) is 0 Å². The fourth-order valence-corrected chi connectivity index (χ4v) is 2.75. The Labute approximate surface area is 120 Å². The molecule has 1 aliphatic heterocycles. The highest BCUT2D eigenvalue weighted by atomic mass is 35.5. The van der Waals surface area contributed by atoms with Gasteiger partial charge in [-0.15, -0.1) is 0 Å². The van der Waals surface area contributed by atoms with E-state index in [9.17, 15) is 0 Å². The molecule has 1 fully saturated rings. The van der Waals surface area contributed by atoms with Crippen molar-refractivity contribution in [3.05, 3.63) is 34.3 Å². The summed E-state index contributed by atoms with van der Waals surface area (Å²) >= 11 is 6.17. The number of ether oxygens (including phenoxy) is 1. The first-order chi connectivity index (χ1) is 9.20. The highest BCUT2D eigenvalue weighted by molar-refractivity contribution is 6.31. The maximum absolute atomic E-state index is 6.17. The van der Waals surface area contributed by atoms with Gasteiger partial charge in [0.2, 0.25) is 0 Å². The molecule has 1 heterocycles. The largest absolute Gasteiger partial charge is 0.378 e. The molecule has 0 bridgehead atoms. The summed E-state index contributed by atoms with van der Waals surface area (Å²) in [6.45, 7) is 2.91. The fourth-order valence-electron chi connectivity index (χ4n) is 2.56. The number of hydrazine groups is 1. The van der Waals surface area contributed by atoms with E-state index in [0.29, 0.717) is 6.10 Å². The van der Waals surface area contributed by atoms with Crippen LogP contribution in [0.15, 0.2) is 18.2 Å². The Balaban J connectivity index is 1.93. The van der Waals surface area contributed by atoms with Gasteiger partial charge in [-0.3, -0.25) is 11.3 Å². The fraction of sp³-hybridized carbons (Fsp3) is 0.600. The van der Waals surface area contributed by atoms with Gasteiger partial charge in [-0.05, 0) is 56.2 Å². The zero-order chi connectivity index (χ0) is 13.7. The normalized spacial score (nSPS) is 21.3. The lowest BCUT2D eigenvalue weighted by Crippen LogP contribution is -2.29. The molecule has 2 rings (SSSR count). The predicted octanol–water partition coefficient (Wildman–Crippen LogP) is 3.50. The van der Waals surface area contributed by atoms with Gasteiger partial charge in [-0.1, -0.05) is 23.7 Å². The molecule has 106 valence electrons. The first kappa shape index (κ1) is 14.8. The third kappa shape index (κ3) is 4.18. The van der Waals surface area contributed by atoms with Crippen LogP contribution in [0.4, 0.5) is 0 Å². The van der Waals surface area contributed by atoms with E-state index in [2.05, 4.69) is 11.5 Å². The van der Waals surface area contributed by atoms with Crippen molar-refractivity contribution in [2.75, 3.05) is 6.61 Å². The topological polar surface area (TPSA) is 47.3 Å². The Morgan fingerprint density at radius 3 is 2.95 bits per heavy atom. The van der Waals surface area contributed by atoms with E-state index in [1.54, 1.807) is 0 Å². The lowest BCUT2D eigenvalue weighted by atomic mass is 9.97. The summed E-state index contributed by atoms with van der Waals surface area (Å²) in [5.74, 6) is 5.67. The molecule has 0 aromatic heterocycles. The molecule has 0 saturated carbocycles. The molecule has 0 spiro atoms. The lowest BCUT2D eigenvalue weighted by molar-refractivity contribution is 0.00854. The summed E-state index contributed by atoms with van der Waals surface area (Å²) in [6, 6.07) is 6.28. The molecule has 0 radical (unpaired) electrons. The van der Waals surface area contributed by atoms with Crippen LogP contribution in [-0.4, -0.2) is 12.7 Å². The van der Waals surface area contributed by atoms with Gasteiger partial charge in [0.15, 0.2) is 0 Å². The summed E-state index contributed by atoms with van der Waals surface area (Å²) in [5.41, 5.74) is 5.13. The quantitative estimate of drug-likeness (QED) is 0.642. The highest BCUT2D eigenvalue weighted by Gasteiger charge is 2.17. The van der Waals surface area contributed by atoms with Gasteiger partial charge in [-0.25, -0.2) is 0 Å². The van der Waals surface area contributed by atoms with Crippen molar-refractivity contribution >= 4 is 11.6 Å². The molecule has 0 amide bonds. The summed E-state index contributed by atoms with van der Waals surface area (Å²) in [6.07, 6.45) is 6.06. The number of benzene rings is 1. The average molecular weight is 283 g/mol. The number of hydrogen-bond donors (Lipinski definition) is 2. The third-order valence-electron chi connectivity index (χ3n) is 3.85. The minimum atomic E-state index is 0.142. The van der Waals surface area contributed by atoms with Gasteiger partial charge in [-0.2, -0.15) is 0 Å². The molecular weight excluding hydrogens is 260 g/mol. The first-order valence-corrected chi connectivity index (χ1v) is 7.42. The maximum atomic E-state index is 6.17. The number of nitrogens with one attached hydrogen (secondary N) is 1. The maximum Gasteiger partial charge on any atom is 0.0575 e. The minimum absolute atomic E-state index is 0.142. The van der Waals surface area contributed by atoms with Crippen LogP contribution in [0.2, 0.25) is 5.02 Å². The second-order valence-corrected chi connectivity index (χ2v) is 5.70. The van der Waals surface area contributed by atoms with Gasteiger partial charge < -0.3 is 4.74 Å². The van der Waals surface area contributed by atoms with Crippen molar-refractivity contribution in [2.24, 2.45) is 5.84 Å². The smallest absolute Gasteiger partial charge is 0.0575 e. The summed E-state index contributed by atoms with van der Waals surface area (Å²) < 4.78 is 5.76. The van der Waals surface area contributed by atoms with Crippen LogP contribution in [0.5, 0.6) is 0 Å². The van der Waals surface area contributed by atoms with E-state index in [0.717, 1.165) is 35.6 Å². The van der Waals surface area contributed by atoms with Crippen LogP contribution in [0.3, 0.4) is 0 Å². The van der Waals surface area contributed by atoms with Crippen LogP contribution >= 0.6 is 11.6 Å². The van der Waals surface area contributed by atoms with Crippen molar-refractivity contribution in [2.45, 2.75) is 51.2 Å². The molecule has 4 heteroatoms. The molecule has 3 nitrogen and oxygen atoms in total. The highest BCUT2D eigenvalue weighted by Crippen LogP contribution is 2.26. The Morgan fingerprint density at radius 2 is 2.32 bits per heavy atom. The molecule has 1 aromatic carbocycles. The van der Waals surface area contributed by atoms with E-state index in [4.69, 9.17) is 22.2 Å². The van der Waals surface area contributed by atoms with Gasteiger partial charge in [0, 0.05) is 17.7 Å². The number of hydrogen-bond acceptors (Lipinski definition) is 3. The minimum Gasteiger partial charge on any atom is -0.378 e. The molecule has 3 N–H and O–H groups in total. The second-order valence-electron chi connectivity index (χ2n) is 5.29. The number of halogens is 1. The van der Waals surface area contributed by atoms with E-state index in [1.807, 2.05) is 19.1 Å². The molecule has 19 heavy (non-hydrogen) atoms. The zero-order valence-electron chi connectivity index (χ0n) is 11.5. The van der Waals surface area contributed by atoms with Crippen LogP contribution < -0.4 is 11.3 Å². The summed E-state index contributed by atoms with van der Waals surface area (Å²) in [5, 5.41) is 0.798. The van der Waals surface area contributed by atoms with E-state index >= 15 is 0 Å². The molecule has 0 aliphatic carbocycles. The SMILES string of the molecule is Cc1ccc(C(CCC2CCCCO2)NN)cc1Cl. The standard InChI is InChI=1S/C15H23ClN2O/c1-11-5-6-12(10-14(11)16)15(18-17)8-7-13-4-2-3-9-19-13/h5-6,10,13,15,18H,2-4,7-9,17H2,1H3. The van der Waals surface area contributed by atoms with E-state index < -0.39 is 0 Å². The molecule has 1 aromatic rings. The van der Waals surface area contributed by atoms with Crippen molar-refractivity contribution in [1.82, 2.24) is 5.43 Å². The lowest BCUT2D eigenvalue weighted by Gasteiger charge is -2.25. The predicted molar refractivity (Wildman–Crippen MR) is 79.1 cm³/mol. The van der Waals surface area contributed by atoms with E-state index in [1.165, 1.54) is 19.3 Å². The van der Waals surface area contributed by atoms with Gasteiger partial charge in [0.05, 0.1) is 6.10 Å².